The van der Waals surface area contributed by atoms with E-state index in [9.17, 15) is 22.8 Å². The molecule has 0 radical (unpaired) electrons. The molecule has 0 aliphatic carbocycles. The van der Waals surface area contributed by atoms with Gasteiger partial charge in [0.1, 0.15) is 12.3 Å². The standard InChI is InChI=1S/C15H20N2O6S/c1-10(2)24(22,23)9-14(19)17-12-5-3-11(4-6-12)7-13(18)16-8-15(20)21/h3-6,10H,7-9H2,1-2H3,(H,16,18)(H,17,19)(H,20,21). The molecule has 24 heavy (non-hydrogen) atoms. The van der Waals surface area contributed by atoms with Gasteiger partial charge in [-0.3, -0.25) is 14.4 Å². The van der Waals surface area contributed by atoms with Crippen LogP contribution >= 0.6 is 0 Å². The van der Waals surface area contributed by atoms with Gasteiger partial charge in [-0.1, -0.05) is 12.1 Å². The van der Waals surface area contributed by atoms with Crippen LogP contribution in [0.3, 0.4) is 0 Å². The number of hydrogen-bond donors (Lipinski definition) is 3. The van der Waals surface area contributed by atoms with Crippen LogP contribution in [0.5, 0.6) is 0 Å². The SMILES string of the molecule is CC(C)S(=O)(=O)CC(=O)Nc1ccc(CC(=O)NCC(=O)O)cc1. The number of carboxylic acids is 1. The summed E-state index contributed by atoms with van der Waals surface area (Å²) in [5.74, 6) is -2.78. The Bertz CT molecular complexity index is 710. The summed E-state index contributed by atoms with van der Waals surface area (Å²) < 4.78 is 23.3. The van der Waals surface area contributed by atoms with Gasteiger partial charge in [-0.25, -0.2) is 8.42 Å². The van der Waals surface area contributed by atoms with Crippen molar-refractivity contribution in [2.75, 3.05) is 17.6 Å². The lowest BCUT2D eigenvalue weighted by atomic mass is 10.1. The number of carbonyl (C=O) groups excluding carboxylic acids is 2. The maximum atomic E-state index is 11.7. The largest absolute Gasteiger partial charge is 0.480 e. The maximum absolute atomic E-state index is 11.7. The molecule has 0 aliphatic heterocycles. The van der Waals surface area contributed by atoms with E-state index in [1.165, 1.54) is 13.8 Å². The molecule has 2 amide bonds. The van der Waals surface area contributed by atoms with Crippen molar-refractivity contribution < 1.29 is 27.9 Å². The van der Waals surface area contributed by atoms with E-state index >= 15 is 0 Å². The second-order valence-corrected chi connectivity index (χ2v) is 8.01. The van der Waals surface area contributed by atoms with Gasteiger partial charge in [0.25, 0.3) is 0 Å². The summed E-state index contributed by atoms with van der Waals surface area (Å²) in [6, 6.07) is 6.26. The second-order valence-electron chi connectivity index (χ2n) is 5.45. The van der Waals surface area contributed by atoms with Crippen molar-refractivity contribution in [3.05, 3.63) is 29.8 Å². The number of carbonyl (C=O) groups is 3. The molecule has 8 nitrogen and oxygen atoms in total. The molecule has 0 unspecified atom stereocenters. The quantitative estimate of drug-likeness (QED) is 0.610. The lowest BCUT2D eigenvalue weighted by molar-refractivity contribution is -0.137. The van der Waals surface area contributed by atoms with Gasteiger partial charge in [-0.2, -0.15) is 0 Å². The fraction of sp³-hybridized carbons (Fsp3) is 0.400. The zero-order valence-corrected chi connectivity index (χ0v) is 14.2. The van der Waals surface area contributed by atoms with Gasteiger partial charge in [0.2, 0.25) is 11.8 Å². The van der Waals surface area contributed by atoms with Gasteiger partial charge >= 0.3 is 5.97 Å². The smallest absolute Gasteiger partial charge is 0.322 e. The monoisotopic (exact) mass is 356 g/mol. The van der Waals surface area contributed by atoms with E-state index in [1.807, 2.05) is 0 Å². The number of benzene rings is 1. The van der Waals surface area contributed by atoms with Crippen LogP contribution in [-0.2, 0) is 30.6 Å². The predicted octanol–water partition coefficient (Wildman–Crippen LogP) is 0.192. The highest BCUT2D eigenvalue weighted by Gasteiger charge is 2.20. The van der Waals surface area contributed by atoms with Crippen molar-refractivity contribution in [3.8, 4) is 0 Å². The molecule has 0 saturated carbocycles. The lowest BCUT2D eigenvalue weighted by Gasteiger charge is -2.09. The Morgan fingerprint density at radius 3 is 2.17 bits per heavy atom. The van der Waals surface area contributed by atoms with E-state index in [0.717, 1.165) is 0 Å². The minimum absolute atomic E-state index is 0.00321. The molecule has 1 aromatic rings. The van der Waals surface area contributed by atoms with E-state index in [2.05, 4.69) is 10.6 Å². The summed E-state index contributed by atoms with van der Waals surface area (Å²) in [6.07, 6.45) is 0.00321. The zero-order valence-electron chi connectivity index (χ0n) is 13.4. The molecule has 0 saturated heterocycles. The number of carboxylic acid groups (broad SMARTS) is 1. The summed E-state index contributed by atoms with van der Waals surface area (Å²) >= 11 is 0. The Balaban J connectivity index is 2.57. The van der Waals surface area contributed by atoms with Crippen LogP contribution in [0.2, 0.25) is 0 Å². The van der Waals surface area contributed by atoms with Crippen molar-refractivity contribution >= 4 is 33.3 Å². The molecule has 1 aromatic carbocycles. The second kappa shape index (κ2) is 8.44. The maximum Gasteiger partial charge on any atom is 0.322 e. The molecule has 0 fully saturated rings. The van der Waals surface area contributed by atoms with Crippen LogP contribution in [-0.4, -0.2) is 48.9 Å². The third-order valence-electron chi connectivity index (χ3n) is 3.09. The van der Waals surface area contributed by atoms with Crippen molar-refractivity contribution in [3.63, 3.8) is 0 Å². The summed E-state index contributed by atoms with van der Waals surface area (Å²) in [4.78, 5) is 33.6. The van der Waals surface area contributed by atoms with Crippen LogP contribution in [0.1, 0.15) is 19.4 Å². The Kier molecular flexibility index (Phi) is 6.90. The Morgan fingerprint density at radius 2 is 1.67 bits per heavy atom. The highest BCUT2D eigenvalue weighted by atomic mass is 32.2. The molecular formula is C15H20N2O6S. The first-order chi connectivity index (χ1) is 11.1. The molecule has 0 atom stereocenters. The molecule has 0 spiro atoms. The fourth-order valence-electron chi connectivity index (χ4n) is 1.67. The van der Waals surface area contributed by atoms with Crippen molar-refractivity contribution in [1.82, 2.24) is 5.32 Å². The van der Waals surface area contributed by atoms with Crippen LogP contribution < -0.4 is 10.6 Å². The molecule has 0 heterocycles. The molecule has 1 rings (SSSR count). The fourth-order valence-corrected chi connectivity index (χ4v) is 2.45. The Morgan fingerprint density at radius 1 is 1.08 bits per heavy atom. The van der Waals surface area contributed by atoms with Crippen LogP contribution in [0.25, 0.3) is 0 Å². The van der Waals surface area contributed by atoms with E-state index in [1.54, 1.807) is 24.3 Å². The van der Waals surface area contributed by atoms with E-state index in [-0.39, 0.29) is 6.42 Å². The molecule has 9 heteroatoms. The van der Waals surface area contributed by atoms with Gasteiger partial charge in [0.05, 0.1) is 11.7 Å². The van der Waals surface area contributed by atoms with Crippen molar-refractivity contribution in [2.24, 2.45) is 0 Å². The summed E-state index contributed by atoms with van der Waals surface area (Å²) in [5, 5.41) is 12.6. The number of hydrogen-bond acceptors (Lipinski definition) is 5. The van der Waals surface area contributed by atoms with Crippen LogP contribution in [0.4, 0.5) is 5.69 Å². The molecular weight excluding hydrogens is 336 g/mol. The molecule has 132 valence electrons. The minimum Gasteiger partial charge on any atom is -0.480 e. The Labute approximate surface area is 140 Å². The highest BCUT2D eigenvalue weighted by molar-refractivity contribution is 7.92. The molecule has 0 bridgehead atoms. The lowest BCUT2D eigenvalue weighted by Crippen LogP contribution is -2.30. The number of nitrogens with one attached hydrogen (secondary N) is 2. The summed E-state index contributed by atoms with van der Waals surface area (Å²) in [6.45, 7) is 2.57. The first-order valence-electron chi connectivity index (χ1n) is 7.19. The highest BCUT2D eigenvalue weighted by Crippen LogP contribution is 2.11. The first kappa shape index (κ1) is 19.6. The van der Waals surface area contributed by atoms with Gasteiger partial charge in [0.15, 0.2) is 9.84 Å². The Hall–Kier alpha value is -2.42. The van der Waals surface area contributed by atoms with Gasteiger partial charge < -0.3 is 15.7 Å². The van der Waals surface area contributed by atoms with E-state index in [4.69, 9.17) is 5.11 Å². The van der Waals surface area contributed by atoms with Crippen LogP contribution in [0, 0.1) is 0 Å². The van der Waals surface area contributed by atoms with E-state index < -0.39 is 45.2 Å². The number of sulfone groups is 1. The van der Waals surface area contributed by atoms with Crippen molar-refractivity contribution in [2.45, 2.75) is 25.5 Å². The van der Waals surface area contributed by atoms with Crippen molar-refractivity contribution in [1.29, 1.82) is 0 Å². The minimum atomic E-state index is -3.47. The van der Waals surface area contributed by atoms with Gasteiger partial charge in [0, 0.05) is 5.69 Å². The topological polar surface area (TPSA) is 130 Å². The van der Waals surface area contributed by atoms with Crippen LogP contribution in [0.15, 0.2) is 24.3 Å². The average Bonchev–Trinajstić information content (AvgIpc) is 2.46. The molecule has 0 aliphatic rings. The molecule has 3 N–H and O–H groups in total. The average molecular weight is 356 g/mol. The number of amides is 2. The van der Waals surface area contributed by atoms with Gasteiger partial charge in [-0.05, 0) is 31.5 Å². The third kappa shape index (κ3) is 6.78. The first-order valence-corrected chi connectivity index (χ1v) is 8.90. The zero-order chi connectivity index (χ0) is 18.3. The number of rotatable bonds is 8. The predicted molar refractivity (Wildman–Crippen MR) is 88.3 cm³/mol. The third-order valence-corrected chi connectivity index (χ3v) is 5.19. The number of anilines is 1. The number of aliphatic carboxylic acids is 1. The van der Waals surface area contributed by atoms with E-state index in [0.29, 0.717) is 11.3 Å². The van der Waals surface area contributed by atoms with Gasteiger partial charge in [-0.15, -0.1) is 0 Å². The summed E-state index contributed by atoms with van der Waals surface area (Å²) in [5.41, 5.74) is 1.04. The molecule has 0 aromatic heterocycles. The summed E-state index contributed by atoms with van der Waals surface area (Å²) in [7, 11) is -3.47. The normalized spacial score (nSPS) is 11.1.